The standard InChI is InChI=1S/4C2H6.CH4O/c5*1-2/h4*1-2H3;2H,1H3. The molecule has 0 aliphatic rings. The molecule has 0 radical (unpaired) electrons. The van der Waals surface area contributed by atoms with Gasteiger partial charge in [0.05, 0.1) is 0 Å². The van der Waals surface area contributed by atoms with Crippen molar-refractivity contribution in [2.45, 2.75) is 55.4 Å². The Labute approximate surface area is 68.5 Å². The lowest BCUT2D eigenvalue weighted by Crippen LogP contribution is -1.25. The van der Waals surface area contributed by atoms with E-state index in [9.17, 15) is 0 Å². The second-order valence-corrected chi connectivity index (χ2v) is 0. The van der Waals surface area contributed by atoms with Crippen LogP contribution in [0.3, 0.4) is 0 Å². The smallest absolute Gasteiger partial charge is 0.0319 e. The molecule has 1 heteroatoms. The molecule has 1 nitrogen and oxygen atoms in total. The van der Waals surface area contributed by atoms with Gasteiger partial charge in [-0.15, -0.1) is 0 Å². The topological polar surface area (TPSA) is 20.2 Å². The fourth-order valence-corrected chi connectivity index (χ4v) is 0. The van der Waals surface area contributed by atoms with Crippen LogP contribution in [-0.2, 0) is 0 Å². The van der Waals surface area contributed by atoms with Gasteiger partial charge in [-0.1, -0.05) is 55.4 Å². The Balaban J connectivity index is -0.0000000104. The molecule has 0 heterocycles. The first-order valence-electron chi connectivity index (χ1n) is 4.45. The van der Waals surface area contributed by atoms with E-state index in [1.807, 2.05) is 55.4 Å². The predicted octanol–water partition coefficient (Wildman–Crippen LogP) is 3.71. The SMILES string of the molecule is CC.CC.CC.CC.CO. The summed E-state index contributed by atoms with van der Waals surface area (Å²) in [5.41, 5.74) is 0. The van der Waals surface area contributed by atoms with E-state index in [1.165, 1.54) is 0 Å². The zero-order valence-electron chi connectivity index (χ0n) is 9.45. The quantitative estimate of drug-likeness (QED) is 0.561. The van der Waals surface area contributed by atoms with E-state index in [4.69, 9.17) is 5.11 Å². The zero-order chi connectivity index (χ0) is 10.0. The first-order chi connectivity index (χ1) is 5.00. The van der Waals surface area contributed by atoms with Crippen molar-refractivity contribution in [3.8, 4) is 0 Å². The molecule has 1 N–H and O–H groups in total. The van der Waals surface area contributed by atoms with Crippen molar-refractivity contribution in [2.75, 3.05) is 7.11 Å². The summed E-state index contributed by atoms with van der Waals surface area (Å²) in [7, 11) is 1.00. The van der Waals surface area contributed by atoms with Crippen LogP contribution < -0.4 is 0 Å². The van der Waals surface area contributed by atoms with Crippen LogP contribution in [0, 0.1) is 0 Å². The van der Waals surface area contributed by atoms with Gasteiger partial charge >= 0.3 is 0 Å². The highest BCUT2D eigenvalue weighted by molar-refractivity contribution is 3.51. The van der Waals surface area contributed by atoms with Crippen molar-refractivity contribution in [2.24, 2.45) is 0 Å². The Morgan fingerprint density at radius 2 is 0.400 bits per heavy atom. The van der Waals surface area contributed by atoms with Gasteiger partial charge in [-0.05, 0) is 0 Å². The van der Waals surface area contributed by atoms with Crippen LogP contribution in [0.25, 0.3) is 0 Å². The Bertz CT molecular complexity index is 4.69. The third-order valence-electron chi connectivity index (χ3n) is 0. The third-order valence-corrected chi connectivity index (χ3v) is 0. The Morgan fingerprint density at radius 1 is 0.400 bits per heavy atom. The van der Waals surface area contributed by atoms with E-state index in [1.54, 1.807) is 0 Å². The number of hydrogen-bond donors (Lipinski definition) is 1. The molecule has 0 saturated heterocycles. The fraction of sp³-hybridized carbons (Fsp3) is 1.00. The maximum Gasteiger partial charge on any atom is 0.0319 e. The first-order valence-corrected chi connectivity index (χ1v) is 4.45. The predicted molar refractivity (Wildman–Crippen MR) is 53.5 cm³/mol. The number of aliphatic hydroxyl groups is 1. The van der Waals surface area contributed by atoms with Crippen LogP contribution >= 0.6 is 0 Å². The van der Waals surface area contributed by atoms with E-state index in [0.29, 0.717) is 0 Å². The van der Waals surface area contributed by atoms with Crippen molar-refractivity contribution < 1.29 is 5.11 Å². The highest BCUT2D eigenvalue weighted by atomic mass is 16.2. The lowest BCUT2D eigenvalue weighted by atomic mass is 11.0. The lowest BCUT2D eigenvalue weighted by Gasteiger charge is -1.21. The normalized spacial score (nSPS) is 3.00. The van der Waals surface area contributed by atoms with Crippen LogP contribution in [0.2, 0.25) is 0 Å². The Hall–Kier alpha value is -0.0400. The van der Waals surface area contributed by atoms with E-state index in [-0.39, 0.29) is 0 Å². The molecule has 10 heavy (non-hydrogen) atoms. The van der Waals surface area contributed by atoms with E-state index in [2.05, 4.69) is 0 Å². The molecule has 0 saturated carbocycles. The Kier molecular flexibility index (Phi) is 1150000. The van der Waals surface area contributed by atoms with Crippen molar-refractivity contribution in [3.63, 3.8) is 0 Å². The maximum atomic E-state index is 7.00. The molecule has 0 spiro atoms. The lowest BCUT2D eigenvalue weighted by molar-refractivity contribution is 0.399. The van der Waals surface area contributed by atoms with Gasteiger partial charge in [-0.25, -0.2) is 0 Å². The monoisotopic (exact) mass is 152 g/mol. The van der Waals surface area contributed by atoms with Gasteiger partial charge in [-0.2, -0.15) is 0 Å². The summed E-state index contributed by atoms with van der Waals surface area (Å²) < 4.78 is 0. The fourth-order valence-electron chi connectivity index (χ4n) is 0. The van der Waals surface area contributed by atoms with Gasteiger partial charge < -0.3 is 5.11 Å². The molecule has 70 valence electrons. The molecule has 0 bridgehead atoms. The largest absolute Gasteiger partial charge is 0.400 e. The highest BCUT2D eigenvalue weighted by Gasteiger charge is 0.938. The number of hydrogen-bond acceptors (Lipinski definition) is 1. The van der Waals surface area contributed by atoms with Crippen molar-refractivity contribution in [1.29, 1.82) is 0 Å². The first kappa shape index (κ1) is 32.5. The van der Waals surface area contributed by atoms with Crippen LogP contribution in [0.4, 0.5) is 0 Å². The van der Waals surface area contributed by atoms with Crippen LogP contribution in [0.1, 0.15) is 55.4 Å². The van der Waals surface area contributed by atoms with Gasteiger partial charge in [0.2, 0.25) is 0 Å². The summed E-state index contributed by atoms with van der Waals surface area (Å²) in [5.74, 6) is 0. The molecule has 0 aliphatic heterocycles. The van der Waals surface area contributed by atoms with Crippen LogP contribution in [0.15, 0.2) is 0 Å². The summed E-state index contributed by atoms with van der Waals surface area (Å²) in [4.78, 5) is 0. The summed E-state index contributed by atoms with van der Waals surface area (Å²) in [5, 5.41) is 7.00. The molecule has 0 rings (SSSR count). The molecule has 0 aromatic rings. The van der Waals surface area contributed by atoms with Gasteiger partial charge in [0.15, 0.2) is 0 Å². The summed E-state index contributed by atoms with van der Waals surface area (Å²) >= 11 is 0. The molecular weight excluding hydrogens is 124 g/mol. The van der Waals surface area contributed by atoms with Crippen molar-refractivity contribution >= 4 is 0 Å². The highest BCUT2D eigenvalue weighted by Crippen LogP contribution is 1.15. The maximum absolute atomic E-state index is 7.00. The molecule has 0 aromatic carbocycles. The Morgan fingerprint density at radius 3 is 0.400 bits per heavy atom. The molecular formula is C9H28O. The van der Waals surface area contributed by atoms with Crippen molar-refractivity contribution in [3.05, 3.63) is 0 Å². The number of rotatable bonds is 0. The summed E-state index contributed by atoms with van der Waals surface area (Å²) in [6, 6.07) is 0. The zero-order valence-corrected chi connectivity index (χ0v) is 9.45. The van der Waals surface area contributed by atoms with Gasteiger partial charge in [-0.3, -0.25) is 0 Å². The van der Waals surface area contributed by atoms with Crippen molar-refractivity contribution in [1.82, 2.24) is 0 Å². The van der Waals surface area contributed by atoms with E-state index >= 15 is 0 Å². The molecule has 0 amide bonds. The molecule has 0 fully saturated rings. The summed E-state index contributed by atoms with van der Waals surface area (Å²) in [6.45, 7) is 16.0. The average molecular weight is 152 g/mol. The van der Waals surface area contributed by atoms with Crippen LogP contribution in [0.5, 0.6) is 0 Å². The molecule has 0 aliphatic carbocycles. The minimum atomic E-state index is 1.00. The van der Waals surface area contributed by atoms with Gasteiger partial charge in [0.1, 0.15) is 0 Å². The second-order valence-electron chi connectivity index (χ2n) is 0. The van der Waals surface area contributed by atoms with E-state index in [0.717, 1.165) is 7.11 Å². The minimum absolute atomic E-state index is 1.00. The average Bonchev–Trinajstić information content (AvgIpc) is 2.20. The number of aliphatic hydroxyl groups excluding tert-OH is 1. The molecule has 0 atom stereocenters. The minimum Gasteiger partial charge on any atom is -0.400 e. The molecule has 0 aromatic heterocycles. The third kappa shape index (κ3) is 241000. The van der Waals surface area contributed by atoms with Gasteiger partial charge in [0.25, 0.3) is 0 Å². The summed E-state index contributed by atoms with van der Waals surface area (Å²) in [6.07, 6.45) is 0. The van der Waals surface area contributed by atoms with Gasteiger partial charge in [0, 0.05) is 7.11 Å². The molecule has 0 unspecified atom stereocenters. The van der Waals surface area contributed by atoms with E-state index < -0.39 is 0 Å². The van der Waals surface area contributed by atoms with Crippen LogP contribution in [-0.4, -0.2) is 12.2 Å². The second kappa shape index (κ2) is 355000.